The summed E-state index contributed by atoms with van der Waals surface area (Å²) in [6, 6.07) is 7.28. The lowest BCUT2D eigenvalue weighted by atomic mass is 10.2. The van der Waals surface area contributed by atoms with E-state index in [0.29, 0.717) is 17.3 Å². The molecule has 0 unspecified atom stereocenters. The van der Waals surface area contributed by atoms with Crippen molar-refractivity contribution in [2.45, 2.75) is 13.5 Å². The molecule has 0 spiro atoms. The summed E-state index contributed by atoms with van der Waals surface area (Å²) < 4.78 is 4.71. The zero-order valence-corrected chi connectivity index (χ0v) is 9.99. The van der Waals surface area contributed by atoms with Crippen molar-refractivity contribution in [2.75, 3.05) is 0 Å². The molecule has 1 aromatic heterocycles. The highest BCUT2D eigenvalue weighted by atomic mass is 35.5. The summed E-state index contributed by atoms with van der Waals surface area (Å²) in [5.41, 5.74) is 2.02. The molecule has 0 fully saturated rings. The summed E-state index contributed by atoms with van der Waals surface area (Å²) >= 11 is 5.77. The molecule has 1 heterocycles. The highest BCUT2D eigenvalue weighted by molar-refractivity contribution is 6.30. The topological polar surface area (TPSA) is 55.1 Å². The summed E-state index contributed by atoms with van der Waals surface area (Å²) in [4.78, 5) is 11.7. The first-order valence-electron chi connectivity index (χ1n) is 5.10. The fourth-order valence-corrected chi connectivity index (χ4v) is 1.50. The number of nitrogens with one attached hydrogen (secondary N) is 1. The van der Waals surface area contributed by atoms with Gasteiger partial charge < -0.3 is 9.84 Å². The van der Waals surface area contributed by atoms with Crippen LogP contribution in [0.2, 0.25) is 5.02 Å². The first-order chi connectivity index (χ1) is 8.16. The number of benzene rings is 1. The number of rotatable bonds is 3. The molecule has 1 aromatic carbocycles. The van der Waals surface area contributed by atoms with Crippen molar-refractivity contribution in [1.82, 2.24) is 10.5 Å². The normalized spacial score (nSPS) is 10.2. The number of aryl methyl sites for hydroxylation is 1. The Morgan fingerprint density at radius 2 is 2.12 bits per heavy atom. The Kier molecular flexibility index (Phi) is 3.44. The number of nitrogens with zero attached hydrogens (tertiary/aromatic N) is 1. The van der Waals surface area contributed by atoms with Crippen molar-refractivity contribution in [1.29, 1.82) is 0 Å². The van der Waals surface area contributed by atoms with E-state index >= 15 is 0 Å². The number of halogens is 1. The van der Waals surface area contributed by atoms with Crippen molar-refractivity contribution in [2.24, 2.45) is 0 Å². The van der Waals surface area contributed by atoms with Crippen LogP contribution in [0.3, 0.4) is 0 Å². The van der Waals surface area contributed by atoms with E-state index in [-0.39, 0.29) is 5.91 Å². The molecule has 1 amide bonds. The van der Waals surface area contributed by atoms with E-state index in [1.807, 2.05) is 12.1 Å². The molecule has 5 heteroatoms. The Morgan fingerprint density at radius 3 is 2.71 bits per heavy atom. The quantitative estimate of drug-likeness (QED) is 0.911. The van der Waals surface area contributed by atoms with Crippen molar-refractivity contribution in [3.8, 4) is 0 Å². The summed E-state index contributed by atoms with van der Waals surface area (Å²) in [7, 11) is 0. The van der Waals surface area contributed by atoms with Gasteiger partial charge >= 0.3 is 0 Å². The first-order valence-corrected chi connectivity index (χ1v) is 5.48. The van der Waals surface area contributed by atoms with Crippen molar-refractivity contribution in [3.05, 3.63) is 52.4 Å². The van der Waals surface area contributed by atoms with Crippen LogP contribution < -0.4 is 5.32 Å². The second-order valence-corrected chi connectivity index (χ2v) is 4.09. The Morgan fingerprint density at radius 1 is 1.41 bits per heavy atom. The molecule has 0 aliphatic carbocycles. The van der Waals surface area contributed by atoms with Crippen LogP contribution in [0.4, 0.5) is 0 Å². The fourth-order valence-electron chi connectivity index (χ4n) is 1.37. The number of carbonyl (C=O) groups is 1. The number of hydrogen-bond acceptors (Lipinski definition) is 3. The molecular weight excluding hydrogens is 240 g/mol. The average molecular weight is 251 g/mol. The monoisotopic (exact) mass is 250 g/mol. The molecule has 0 atom stereocenters. The molecule has 4 nitrogen and oxygen atoms in total. The van der Waals surface area contributed by atoms with Gasteiger partial charge in [0.15, 0.2) is 5.69 Å². The molecule has 2 aromatic rings. The molecule has 1 N–H and O–H groups in total. The van der Waals surface area contributed by atoms with E-state index in [0.717, 1.165) is 11.1 Å². The zero-order chi connectivity index (χ0) is 12.3. The fraction of sp³-hybridized carbons (Fsp3) is 0.167. The van der Waals surface area contributed by atoms with Gasteiger partial charge in [0.2, 0.25) is 0 Å². The summed E-state index contributed by atoms with van der Waals surface area (Å²) in [6.07, 6.45) is 1.44. The van der Waals surface area contributed by atoms with Gasteiger partial charge in [-0.2, -0.15) is 0 Å². The maximum absolute atomic E-state index is 11.7. The lowest BCUT2D eigenvalue weighted by Crippen LogP contribution is -2.23. The van der Waals surface area contributed by atoms with Crippen LogP contribution in [0.5, 0.6) is 0 Å². The third kappa shape index (κ3) is 2.85. The Labute approximate surface area is 104 Å². The minimum absolute atomic E-state index is 0.244. The van der Waals surface area contributed by atoms with Gasteiger partial charge in [0, 0.05) is 17.1 Å². The van der Waals surface area contributed by atoms with Crippen LogP contribution in [0.1, 0.15) is 21.6 Å². The molecule has 0 saturated heterocycles. The number of aromatic nitrogens is 1. The predicted molar refractivity (Wildman–Crippen MR) is 63.9 cm³/mol. The zero-order valence-electron chi connectivity index (χ0n) is 9.24. The Balaban J connectivity index is 1.97. The smallest absolute Gasteiger partial charge is 0.274 e. The van der Waals surface area contributed by atoms with Gasteiger partial charge in [-0.25, -0.2) is 0 Å². The molecule has 88 valence electrons. The molecule has 0 bridgehead atoms. The second kappa shape index (κ2) is 5.01. The maximum Gasteiger partial charge on any atom is 0.274 e. The van der Waals surface area contributed by atoms with Crippen LogP contribution in [-0.4, -0.2) is 11.1 Å². The van der Waals surface area contributed by atoms with Crippen molar-refractivity contribution < 1.29 is 9.32 Å². The molecule has 0 aliphatic rings. The van der Waals surface area contributed by atoms with Crippen molar-refractivity contribution >= 4 is 17.5 Å². The lowest BCUT2D eigenvalue weighted by molar-refractivity contribution is 0.0941. The lowest BCUT2D eigenvalue weighted by Gasteiger charge is -2.03. The van der Waals surface area contributed by atoms with E-state index in [1.54, 1.807) is 19.1 Å². The SMILES string of the molecule is Cc1conc1C(=O)NCc1ccc(Cl)cc1. The van der Waals surface area contributed by atoms with Gasteiger partial charge in [-0.15, -0.1) is 0 Å². The van der Waals surface area contributed by atoms with Gasteiger partial charge in [-0.1, -0.05) is 28.9 Å². The second-order valence-electron chi connectivity index (χ2n) is 3.66. The van der Waals surface area contributed by atoms with E-state index in [9.17, 15) is 4.79 Å². The third-order valence-corrected chi connectivity index (χ3v) is 2.58. The Bertz CT molecular complexity index is 520. The number of amides is 1. The Hall–Kier alpha value is -1.81. The van der Waals surface area contributed by atoms with Gasteiger partial charge in [-0.05, 0) is 24.6 Å². The minimum atomic E-state index is -0.244. The van der Waals surface area contributed by atoms with E-state index in [4.69, 9.17) is 16.1 Å². The highest BCUT2D eigenvalue weighted by Crippen LogP contribution is 2.10. The van der Waals surface area contributed by atoms with Gasteiger partial charge in [0.05, 0.1) is 0 Å². The van der Waals surface area contributed by atoms with Crippen LogP contribution in [0.15, 0.2) is 35.1 Å². The molecule has 0 aliphatic heterocycles. The van der Waals surface area contributed by atoms with Crippen LogP contribution in [0, 0.1) is 6.92 Å². The number of hydrogen-bond donors (Lipinski definition) is 1. The van der Waals surface area contributed by atoms with Crippen molar-refractivity contribution in [3.63, 3.8) is 0 Å². The van der Waals surface area contributed by atoms with Crippen LogP contribution in [0.25, 0.3) is 0 Å². The van der Waals surface area contributed by atoms with Gasteiger partial charge in [0.25, 0.3) is 5.91 Å². The molecule has 0 saturated carbocycles. The van der Waals surface area contributed by atoms with E-state index in [2.05, 4.69) is 10.5 Å². The van der Waals surface area contributed by atoms with Crippen LogP contribution in [-0.2, 0) is 6.54 Å². The summed E-state index contributed by atoms with van der Waals surface area (Å²) in [5, 5.41) is 7.06. The molecule has 0 radical (unpaired) electrons. The van der Waals surface area contributed by atoms with Gasteiger partial charge in [0.1, 0.15) is 6.26 Å². The standard InChI is InChI=1S/C12H11ClN2O2/c1-8-7-17-15-11(8)12(16)14-6-9-2-4-10(13)5-3-9/h2-5,7H,6H2,1H3,(H,14,16). The van der Waals surface area contributed by atoms with E-state index < -0.39 is 0 Å². The third-order valence-electron chi connectivity index (χ3n) is 2.33. The molecule has 17 heavy (non-hydrogen) atoms. The van der Waals surface area contributed by atoms with Crippen LogP contribution >= 0.6 is 11.6 Å². The average Bonchev–Trinajstić information content (AvgIpc) is 2.74. The summed E-state index contributed by atoms with van der Waals surface area (Å²) in [5.74, 6) is -0.244. The maximum atomic E-state index is 11.7. The minimum Gasteiger partial charge on any atom is -0.364 e. The summed E-state index contributed by atoms with van der Waals surface area (Å²) in [6.45, 7) is 2.20. The number of carbonyl (C=O) groups excluding carboxylic acids is 1. The predicted octanol–water partition coefficient (Wildman–Crippen LogP) is 2.57. The largest absolute Gasteiger partial charge is 0.364 e. The highest BCUT2D eigenvalue weighted by Gasteiger charge is 2.12. The molecule has 2 rings (SSSR count). The van der Waals surface area contributed by atoms with Gasteiger partial charge in [-0.3, -0.25) is 4.79 Å². The molecular formula is C12H11ClN2O2. The van der Waals surface area contributed by atoms with E-state index in [1.165, 1.54) is 6.26 Å². The first kappa shape index (κ1) is 11.7.